The lowest BCUT2D eigenvalue weighted by Crippen LogP contribution is -2.25. The van der Waals surface area contributed by atoms with E-state index in [1.165, 1.54) is 4.88 Å². The Hall–Kier alpha value is -1.41. The third kappa shape index (κ3) is 4.53. The van der Waals surface area contributed by atoms with E-state index in [0.717, 1.165) is 29.8 Å². The summed E-state index contributed by atoms with van der Waals surface area (Å²) in [6, 6.07) is 4.17. The van der Waals surface area contributed by atoms with Crippen LogP contribution in [0.5, 0.6) is 0 Å². The van der Waals surface area contributed by atoms with Crippen LogP contribution in [0.2, 0.25) is 0 Å². The van der Waals surface area contributed by atoms with Gasteiger partial charge in [0.05, 0.1) is 3.79 Å². The number of nitrogens with one attached hydrogen (secondary N) is 1. The average Bonchev–Trinajstić information content (AvgIpc) is 2.85. The molecule has 0 saturated heterocycles. The lowest BCUT2D eigenvalue weighted by Gasteiger charge is -2.18. The number of nitrogen functional groups attached to an aromatic ring is 1. The van der Waals surface area contributed by atoms with E-state index in [1.807, 2.05) is 4.90 Å². The van der Waals surface area contributed by atoms with Crippen LogP contribution < -0.4 is 16.0 Å². The highest BCUT2D eigenvalue weighted by atomic mass is 79.9. The monoisotopic (exact) mass is 370 g/mol. The number of nitrogens with zero attached hydrogens (tertiary/aromatic N) is 4. The molecule has 0 saturated carbocycles. The smallest absolute Gasteiger partial charge is 0.231 e. The van der Waals surface area contributed by atoms with Crippen molar-refractivity contribution in [3.8, 4) is 0 Å². The van der Waals surface area contributed by atoms with Crippen molar-refractivity contribution in [2.45, 2.75) is 20.3 Å². The second-order valence-corrected chi connectivity index (χ2v) is 6.92. The maximum absolute atomic E-state index is 5.76. The van der Waals surface area contributed by atoms with Crippen molar-refractivity contribution in [2.75, 3.05) is 35.6 Å². The van der Waals surface area contributed by atoms with Crippen LogP contribution in [0.25, 0.3) is 0 Å². The van der Waals surface area contributed by atoms with Crippen molar-refractivity contribution in [3.63, 3.8) is 0 Å². The summed E-state index contributed by atoms with van der Waals surface area (Å²) in [6.45, 7) is 6.55. The predicted molar refractivity (Wildman–Crippen MR) is 92.0 cm³/mol. The molecule has 0 aromatic carbocycles. The van der Waals surface area contributed by atoms with Gasteiger partial charge >= 0.3 is 0 Å². The molecule has 0 bridgehead atoms. The highest BCUT2D eigenvalue weighted by Gasteiger charge is 2.09. The molecule has 2 aromatic heterocycles. The summed E-state index contributed by atoms with van der Waals surface area (Å²) >= 11 is 5.19. The minimum atomic E-state index is 0.244. The quantitative estimate of drug-likeness (QED) is 0.779. The van der Waals surface area contributed by atoms with Crippen LogP contribution in [0.3, 0.4) is 0 Å². The fourth-order valence-electron chi connectivity index (χ4n) is 1.89. The van der Waals surface area contributed by atoms with E-state index < -0.39 is 0 Å². The number of rotatable bonds is 7. The van der Waals surface area contributed by atoms with Crippen molar-refractivity contribution in [2.24, 2.45) is 0 Å². The number of nitrogens with two attached hydrogens (primary N) is 1. The van der Waals surface area contributed by atoms with Crippen molar-refractivity contribution >= 4 is 45.1 Å². The van der Waals surface area contributed by atoms with Gasteiger partial charge in [0, 0.05) is 24.5 Å². The molecule has 0 atom stereocenters. The minimum Gasteiger partial charge on any atom is -0.368 e. The first-order valence-corrected chi connectivity index (χ1v) is 8.48. The van der Waals surface area contributed by atoms with Gasteiger partial charge in [0.15, 0.2) is 0 Å². The Morgan fingerprint density at radius 1 is 1.24 bits per heavy atom. The average molecular weight is 371 g/mol. The molecule has 0 fully saturated rings. The number of anilines is 3. The molecule has 8 heteroatoms. The van der Waals surface area contributed by atoms with Gasteiger partial charge < -0.3 is 16.0 Å². The molecular weight excluding hydrogens is 352 g/mol. The molecule has 0 aliphatic heterocycles. The van der Waals surface area contributed by atoms with Gasteiger partial charge in [-0.3, -0.25) is 0 Å². The van der Waals surface area contributed by atoms with Crippen molar-refractivity contribution in [1.29, 1.82) is 0 Å². The van der Waals surface area contributed by atoms with E-state index in [1.54, 1.807) is 11.3 Å². The number of hydrogen-bond acceptors (Lipinski definition) is 7. The van der Waals surface area contributed by atoms with Crippen LogP contribution in [0.4, 0.5) is 17.8 Å². The second-order valence-electron chi connectivity index (χ2n) is 4.37. The molecule has 21 heavy (non-hydrogen) atoms. The van der Waals surface area contributed by atoms with Crippen LogP contribution >= 0.6 is 27.3 Å². The van der Waals surface area contributed by atoms with Gasteiger partial charge in [-0.15, -0.1) is 11.3 Å². The second kappa shape index (κ2) is 7.56. The zero-order valence-corrected chi connectivity index (χ0v) is 14.5. The van der Waals surface area contributed by atoms with Gasteiger partial charge in [0.25, 0.3) is 0 Å². The van der Waals surface area contributed by atoms with Crippen LogP contribution in [0, 0.1) is 0 Å². The highest BCUT2D eigenvalue weighted by molar-refractivity contribution is 9.11. The maximum Gasteiger partial charge on any atom is 0.231 e. The molecule has 0 unspecified atom stereocenters. The first-order valence-electron chi connectivity index (χ1n) is 6.87. The SMILES string of the molecule is CCN(CC)c1nc(N)nc(NCCc2ccc(Br)s2)n1. The molecule has 2 aromatic rings. The minimum absolute atomic E-state index is 0.244. The maximum atomic E-state index is 5.76. The highest BCUT2D eigenvalue weighted by Crippen LogP contribution is 2.22. The molecule has 0 radical (unpaired) electrons. The van der Waals surface area contributed by atoms with Crippen molar-refractivity contribution in [3.05, 3.63) is 20.8 Å². The third-order valence-corrected chi connectivity index (χ3v) is 4.65. The van der Waals surface area contributed by atoms with Crippen molar-refractivity contribution in [1.82, 2.24) is 15.0 Å². The molecule has 6 nitrogen and oxygen atoms in total. The molecule has 114 valence electrons. The molecule has 0 amide bonds. The fourth-order valence-corrected chi connectivity index (χ4v) is 3.37. The van der Waals surface area contributed by atoms with Gasteiger partial charge in [-0.25, -0.2) is 0 Å². The Bertz CT molecular complexity index is 584. The number of halogens is 1. The van der Waals surface area contributed by atoms with E-state index in [0.29, 0.717) is 11.9 Å². The number of thiophene rings is 1. The Kier molecular flexibility index (Phi) is 5.75. The van der Waals surface area contributed by atoms with Crippen LogP contribution in [0.15, 0.2) is 15.9 Å². The van der Waals surface area contributed by atoms with Crippen molar-refractivity contribution < 1.29 is 0 Å². The molecule has 2 heterocycles. The molecular formula is C13H19BrN6S. The topological polar surface area (TPSA) is 80.0 Å². The molecule has 0 aliphatic rings. The molecule has 2 rings (SSSR count). The summed E-state index contributed by atoms with van der Waals surface area (Å²) in [7, 11) is 0. The predicted octanol–water partition coefficient (Wildman–Crippen LogP) is 2.78. The Morgan fingerprint density at radius 3 is 2.62 bits per heavy atom. The Labute approximate surface area is 136 Å². The number of hydrogen-bond donors (Lipinski definition) is 2. The van der Waals surface area contributed by atoms with Gasteiger partial charge in [-0.1, -0.05) is 0 Å². The van der Waals surface area contributed by atoms with E-state index in [4.69, 9.17) is 5.73 Å². The zero-order valence-electron chi connectivity index (χ0n) is 12.1. The largest absolute Gasteiger partial charge is 0.368 e. The number of aromatic nitrogens is 3. The van der Waals surface area contributed by atoms with Crippen LogP contribution in [0.1, 0.15) is 18.7 Å². The van der Waals surface area contributed by atoms with E-state index in [2.05, 4.69) is 62.2 Å². The summed E-state index contributed by atoms with van der Waals surface area (Å²) in [5.74, 6) is 1.39. The molecule has 3 N–H and O–H groups in total. The van der Waals surface area contributed by atoms with E-state index in [-0.39, 0.29) is 5.95 Å². The van der Waals surface area contributed by atoms with Gasteiger partial charge in [-0.05, 0) is 48.3 Å². The summed E-state index contributed by atoms with van der Waals surface area (Å²) in [6.07, 6.45) is 0.919. The zero-order chi connectivity index (χ0) is 15.2. The Morgan fingerprint density at radius 2 is 2.00 bits per heavy atom. The molecule has 0 spiro atoms. The van der Waals surface area contributed by atoms with Crippen LogP contribution in [-0.4, -0.2) is 34.6 Å². The van der Waals surface area contributed by atoms with Crippen LogP contribution in [-0.2, 0) is 6.42 Å². The van der Waals surface area contributed by atoms with Gasteiger partial charge in [-0.2, -0.15) is 15.0 Å². The summed E-state index contributed by atoms with van der Waals surface area (Å²) in [5.41, 5.74) is 5.76. The Balaban J connectivity index is 1.99. The third-order valence-electron chi connectivity index (χ3n) is 2.97. The van der Waals surface area contributed by atoms with Gasteiger partial charge in [0.2, 0.25) is 17.8 Å². The standard InChI is InChI=1S/C13H19BrN6S/c1-3-20(4-2)13-18-11(15)17-12(19-13)16-8-7-9-5-6-10(14)21-9/h5-6H,3-4,7-8H2,1-2H3,(H3,15,16,17,18,19). The van der Waals surface area contributed by atoms with E-state index >= 15 is 0 Å². The lowest BCUT2D eigenvalue weighted by molar-refractivity contribution is 0.813. The first-order chi connectivity index (χ1) is 10.1. The fraction of sp³-hybridized carbons (Fsp3) is 0.462. The summed E-state index contributed by atoms with van der Waals surface area (Å²) < 4.78 is 1.14. The lowest BCUT2D eigenvalue weighted by atomic mass is 10.3. The van der Waals surface area contributed by atoms with Gasteiger partial charge in [0.1, 0.15) is 0 Å². The molecule has 0 aliphatic carbocycles. The normalized spacial score (nSPS) is 10.6. The van der Waals surface area contributed by atoms with E-state index in [9.17, 15) is 0 Å². The summed E-state index contributed by atoms with van der Waals surface area (Å²) in [5, 5.41) is 3.21. The summed E-state index contributed by atoms with van der Waals surface area (Å²) in [4.78, 5) is 16.1. The first kappa shape index (κ1) is 16.0.